The standard InChI is InChI=1S/C23H18Br2ClN3O6/c24-17-9-15-16(10-18(17)25)23(33)28(22(15)32)27(11-20(30)12-5-7-13(26)8-6-12)21(31)14-3-1-2-4-19(14)29(34)35/h1-8,15-18H,9-11H2/t15-,16-,17+,18+/m1/s1. The Labute approximate surface area is 221 Å². The molecule has 0 spiro atoms. The number of rotatable bonds is 6. The van der Waals surface area contributed by atoms with Crippen LogP contribution in [0.15, 0.2) is 48.5 Å². The first-order chi connectivity index (χ1) is 16.6. The maximum Gasteiger partial charge on any atom is 0.282 e. The van der Waals surface area contributed by atoms with Crippen LogP contribution in [0.4, 0.5) is 5.69 Å². The van der Waals surface area contributed by atoms with E-state index in [0.29, 0.717) is 22.9 Å². The van der Waals surface area contributed by atoms with Crippen LogP contribution >= 0.6 is 43.5 Å². The third-order valence-corrected chi connectivity index (χ3v) is 9.14. The predicted octanol–water partition coefficient (Wildman–Crippen LogP) is 4.41. The number of Topliss-reactive ketones (excluding diaryl/α,β-unsaturated/α-hetero) is 1. The molecule has 0 unspecified atom stereocenters. The summed E-state index contributed by atoms with van der Waals surface area (Å²) in [5.74, 6) is -4.13. The number of nitrogens with zero attached hydrogens (tertiary/aromatic N) is 3. The van der Waals surface area contributed by atoms with Gasteiger partial charge in [-0.05, 0) is 43.2 Å². The van der Waals surface area contributed by atoms with Crippen molar-refractivity contribution in [2.75, 3.05) is 6.54 Å². The molecule has 3 amide bonds. The minimum atomic E-state index is -0.995. The van der Waals surface area contributed by atoms with Crippen LogP contribution < -0.4 is 0 Å². The van der Waals surface area contributed by atoms with Gasteiger partial charge in [-0.1, -0.05) is 55.6 Å². The van der Waals surface area contributed by atoms with Gasteiger partial charge in [0, 0.05) is 26.3 Å². The van der Waals surface area contributed by atoms with Crippen molar-refractivity contribution in [2.24, 2.45) is 11.8 Å². The number of nitro groups is 1. The minimum absolute atomic E-state index is 0.0597. The molecular formula is C23H18Br2ClN3O6. The van der Waals surface area contributed by atoms with Crippen molar-refractivity contribution in [3.8, 4) is 0 Å². The fraction of sp³-hybridized carbons (Fsp3) is 0.304. The fourth-order valence-electron chi connectivity index (χ4n) is 4.36. The monoisotopic (exact) mass is 625 g/mol. The smallest absolute Gasteiger partial charge is 0.282 e. The second kappa shape index (κ2) is 10.2. The van der Waals surface area contributed by atoms with E-state index in [2.05, 4.69) is 31.9 Å². The molecule has 1 aliphatic carbocycles. The van der Waals surface area contributed by atoms with Gasteiger partial charge in [0.05, 0.1) is 16.8 Å². The van der Waals surface area contributed by atoms with Gasteiger partial charge in [0.15, 0.2) is 5.78 Å². The number of fused-ring (bicyclic) bond motifs is 1. The van der Waals surface area contributed by atoms with Crippen molar-refractivity contribution in [1.29, 1.82) is 0 Å². The lowest BCUT2D eigenvalue weighted by atomic mass is 9.81. The molecule has 0 N–H and O–H groups in total. The number of imide groups is 1. The third-order valence-electron chi connectivity index (χ3n) is 6.15. The van der Waals surface area contributed by atoms with E-state index in [0.717, 1.165) is 11.1 Å². The third kappa shape index (κ3) is 4.89. The van der Waals surface area contributed by atoms with E-state index in [-0.39, 0.29) is 20.8 Å². The van der Waals surface area contributed by atoms with Crippen molar-refractivity contribution < 1.29 is 24.1 Å². The number of benzene rings is 2. The molecule has 2 aliphatic rings. The molecule has 0 bridgehead atoms. The van der Waals surface area contributed by atoms with Gasteiger partial charge in [-0.25, -0.2) is 5.01 Å². The zero-order valence-corrected chi connectivity index (χ0v) is 21.9. The van der Waals surface area contributed by atoms with Crippen molar-refractivity contribution in [3.63, 3.8) is 0 Å². The first kappa shape index (κ1) is 25.5. The van der Waals surface area contributed by atoms with Gasteiger partial charge < -0.3 is 0 Å². The number of hydrogen-bond acceptors (Lipinski definition) is 6. The molecule has 182 valence electrons. The zero-order valence-electron chi connectivity index (χ0n) is 18.0. The lowest BCUT2D eigenvalue weighted by molar-refractivity contribution is -0.385. The summed E-state index contributed by atoms with van der Waals surface area (Å²) in [5.41, 5.74) is -0.639. The topological polar surface area (TPSA) is 118 Å². The quantitative estimate of drug-likeness (QED) is 0.154. The molecule has 1 saturated carbocycles. The van der Waals surface area contributed by atoms with Crippen LogP contribution in [-0.2, 0) is 9.59 Å². The van der Waals surface area contributed by atoms with Crippen molar-refractivity contribution in [3.05, 3.63) is 74.8 Å². The Kier molecular flexibility index (Phi) is 7.39. The highest BCUT2D eigenvalue weighted by Crippen LogP contribution is 2.43. The van der Waals surface area contributed by atoms with Crippen molar-refractivity contribution in [2.45, 2.75) is 22.5 Å². The first-order valence-electron chi connectivity index (χ1n) is 10.6. The average Bonchev–Trinajstić information content (AvgIpc) is 3.06. The maximum absolute atomic E-state index is 13.6. The SMILES string of the molecule is O=C(CN(C(=O)c1ccccc1[N+](=O)[O-])N1C(=O)[C@@H]2C[C@H](Br)[C@@H](Br)C[C@H]2C1=O)c1ccc(Cl)cc1. The molecule has 12 heteroatoms. The summed E-state index contributed by atoms with van der Waals surface area (Å²) < 4.78 is 0. The van der Waals surface area contributed by atoms with Crippen LogP contribution in [0.2, 0.25) is 5.02 Å². The summed E-state index contributed by atoms with van der Waals surface area (Å²) in [6, 6.07) is 11.1. The van der Waals surface area contributed by atoms with Crippen LogP contribution in [0.3, 0.4) is 0 Å². The van der Waals surface area contributed by atoms with E-state index in [1.54, 1.807) is 0 Å². The van der Waals surface area contributed by atoms with Gasteiger partial charge in [-0.15, -0.1) is 0 Å². The molecule has 1 heterocycles. The number of carbonyl (C=O) groups is 4. The van der Waals surface area contributed by atoms with Gasteiger partial charge in [0.25, 0.3) is 23.4 Å². The summed E-state index contributed by atoms with van der Waals surface area (Å²) in [6.45, 7) is -0.668. The lowest BCUT2D eigenvalue weighted by Crippen LogP contribution is -2.52. The Balaban J connectivity index is 1.74. The molecule has 35 heavy (non-hydrogen) atoms. The van der Waals surface area contributed by atoms with Gasteiger partial charge in [-0.2, -0.15) is 5.01 Å². The molecule has 2 aromatic carbocycles. The number of para-hydroxylation sites is 1. The van der Waals surface area contributed by atoms with Crippen LogP contribution in [0.25, 0.3) is 0 Å². The summed E-state index contributed by atoms with van der Waals surface area (Å²) in [6.07, 6.45) is 0.723. The minimum Gasteiger partial charge on any atom is -0.292 e. The molecule has 1 aliphatic heterocycles. The number of alkyl halides is 2. The molecule has 0 radical (unpaired) electrons. The molecule has 4 atom stereocenters. The summed E-state index contributed by atoms with van der Waals surface area (Å²) in [7, 11) is 0. The van der Waals surface area contributed by atoms with Gasteiger partial charge in [-0.3, -0.25) is 29.3 Å². The summed E-state index contributed by atoms with van der Waals surface area (Å²) in [5, 5.41) is 13.4. The first-order valence-corrected chi connectivity index (χ1v) is 12.8. The molecule has 0 aromatic heterocycles. The van der Waals surface area contributed by atoms with E-state index in [1.165, 1.54) is 42.5 Å². The van der Waals surface area contributed by atoms with E-state index in [4.69, 9.17) is 11.6 Å². The normalized spacial score (nSPS) is 23.7. The van der Waals surface area contributed by atoms with Crippen LogP contribution in [0, 0.1) is 22.0 Å². The number of hydrogen-bond donors (Lipinski definition) is 0. The van der Waals surface area contributed by atoms with Crippen LogP contribution in [-0.4, -0.2) is 54.6 Å². The van der Waals surface area contributed by atoms with E-state index >= 15 is 0 Å². The van der Waals surface area contributed by atoms with Crippen molar-refractivity contribution in [1.82, 2.24) is 10.0 Å². The fourth-order valence-corrected chi connectivity index (χ4v) is 5.73. The molecule has 2 fully saturated rings. The van der Waals surface area contributed by atoms with Crippen LogP contribution in [0.1, 0.15) is 33.6 Å². The molecule has 1 saturated heterocycles. The Morgan fingerprint density at radius 1 is 1.00 bits per heavy atom. The van der Waals surface area contributed by atoms with Gasteiger partial charge >= 0.3 is 0 Å². The number of carbonyl (C=O) groups excluding carboxylic acids is 4. The average molecular weight is 628 g/mol. The van der Waals surface area contributed by atoms with E-state index < -0.39 is 52.5 Å². The van der Waals surface area contributed by atoms with Crippen LogP contribution in [0.5, 0.6) is 0 Å². The Morgan fingerprint density at radius 3 is 2.09 bits per heavy atom. The Bertz CT molecular complexity index is 1200. The molecule has 4 rings (SSSR count). The highest BCUT2D eigenvalue weighted by molar-refractivity contribution is 9.12. The summed E-state index contributed by atoms with van der Waals surface area (Å²) in [4.78, 5) is 64.1. The number of halogens is 3. The van der Waals surface area contributed by atoms with E-state index in [1.807, 2.05) is 0 Å². The highest BCUT2D eigenvalue weighted by Gasteiger charge is 2.55. The second-order valence-corrected chi connectivity index (χ2v) is 11.1. The zero-order chi connectivity index (χ0) is 25.4. The Morgan fingerprint density at radius 2 is 1.54 bits per heavy atom. The lowest BCUT2D eigenvalue weighted by Gasteiger charge is -2.30. The molecular weight excluding hydrogens is 610 g/mol. The molecule has 2 aromatic rings. The number of hydrazine groups is 1. The Hall–Kier alpha value is -2.63. The van der Waals surface area contributed by atoms with E-state index in [9.17, 15) is 29.3 Å². The van der Waals surface area contributed by atoms with Gasteiger partial charge in [0.1, 0.15) is 12.1 Å². The molecule has 9 nitrogen and oxygen atoms in total. The summed E-state index contributed by atoms with van der Waals surface area (Å²) >= 11 is 12.9. The number of nitro benzene ring substituents is 1. The largest absolute Gasteiger partial charge is 0.292 e. The highest BCUT2D eigenvalue weighted by atomic mass is 79.9. The van der Waals surface area contributed by atoms with Crippen molar-refractivity contribution >= 4 is 72.7 Å². The predicted molar refractivity (Wildman–Crippen MR) is 133 cm³/mol. The second-order valence-electron chi connectivity index (χ2n) is 8.27. The maximum atomic E-state index is 13.6. The number of amides is 3. The number of ketones is 1. The van der Waals surface area contributed by atoms with Gasteiger partial charge in [0.2, 0.25) is 0 Å².